The van der Waals surface area contributed by atoms with E-state index in [1.165, 1.54) is 0 Å². The quantitative estimate of drug-likeness (QED) is 0.592. The fourth-order valence-electron chi connectivity index (χ4n) is 2.66. The first-order chi connectivity index (χ1) is 12.1. The first-order valence-corrected chi connectivity index (χ1v) is 8.45. The number of hydrogen-bond donors (Lipinski definition) is 3. The van der Waals surface area contributed by atoms with Crippen molar-refractivity contribution < 1.29 is 4.79 Å². The zero-order chi connectivity index (χ0) is 17.6. The normalized spacial score (nSPS) is 10.8. The van der Waals surface area contributed by atoms with Crippen molar-refractivity contribution in [2.24, 2.45) is 0 Å². The number of aryl methyl sites for hydroxylation is 1. The Hall–Kier alpha value is -2.73. The predicted molar refractivity (Wildman–Crippen MR) is 98.9 cm³/mol. The van der Waals surface area contributed by atoms with Crippen molar-refractivity contribution in [3.05, 3.63) is 69.6 Å². The number of nitrogens with one attached hydrogen (secondary N) is 3. The van der Waals surface area contributed by atoms with Crippen LogP contribution in [0.4, 0.5) is 4.79 Å². The largest absolute Gasteiger partial charge is 0.338 e. The summed E-state index contributed by atoms with van der Waals surface area (Å²) in [5, 5.41) is 6.21. The van der Waals surface area contributed by atoms with E-state index in [-0.39, 0.29) is 11.7 Å². The van der Waals surface area contributed by atoms with Crippen LogP contribution in [0.5, 0.6) is 0 Å². The summed E-state index contributed by atoms with van der Waals surface area (Å²) in [5.41, 5.74) is 2.50. The third-order valence-corrected chi connectivity index (χ3v) is 4.10. The van der Waals surface area contributed by atoms with Crippen LogP contribution in [-0.2, 0) is 13.1 Å². The number of H-pyrrole nitrogens is 1. The van der Waals surface area contributed by atoms with E-state index in [0.717, 1.165) is 16.6 Å². The van der Waals surface area contributed by atoms with Gasteiger partial charge in [0.15, 0.2) is 0 Å². The van der Waals surface area contributed by atoms with Gasteiger partial charge in [-0.3, -0.25) is 4.57 Å². The zero-order valence-corrected chi connectivity index (χ0v) is 14.3. The lowest BCUT2D eigenvalue weighted by atomic mass is 10.2. The number of aromatic amines is 1. The molecule has 0 aliphatic rings. The summed E-state index contributed by atoms with van der Waals surface area (Å²) in [5.74, 6) is 0. The molecule has 0 atom stereocenters. The van der Waals surface area contributed by atoms with Crippen LogP contribution < -0.4 is 16.3 Å². The number of hydrogen-bond acceptors (Lipinski definition) is 2. The van der Waals surface area contributed by atoms with Crippen molar-refractivity contribution in [1.82, 2.24) is 20.2 Å². The average Bonchev–Trinajstić information content (AvgIpc) is 2.92. The number of urea groups is 1. The molecule has 0 spiro atoms. The number of fused-ring (bicyclic) bond motifs is 1. The van der Waals surface area contributed by atoms with Crippen molar-refractivity contribution in [2.75, 3.05) is 6.54 Å². The summed E-state index contributed by atoms with van der Waals surface area (Å²) in [7, 11) is 0. The molecule has 25 heavy (non-hydrogen) atoms. The molecule has 130 valence electrons. The Morgan fingerprint density at radius 2 is 1.96 bits per heavy atom. The van der Waals surface area contributed by atoms with Gasteiger partial charge in [-0.2, -0.15) is 0 Å². The smallest absolute Gasteiger partial charge is 0.326 e. The van der Waals surface area contributed by atoms with Crippen LogP contribution in [0.25, 0.3) is 11.0 Å². The molecule has 1 aromatic heterocycles. The molecule has 3 N–H and O–H groups in total. The fourth-order valence-corrected chi connectivity index (χ4v) is 2.87. The molecule has 0 fully saturated rings. The molecular formula is C18H19ClN4O2. The summed E-state index contributed by atoms with van der Waals surface area (Å²) < 4.78 is 1.68. The number of nitrogens with zero attached hydrogens (tertiary/aromatic N) is 1. The lowest BCUT2D eigenvalue weighted by Gasteiger charge is -2.08. The first kappa shape index (κ1) is 17.1. The minimum atomic E-state index is -0.244. The van der Waals surface area contributed by atoms with E-state index in [1.807, 2.05) is 42.5 Å². The Kier molecular flexibility index (Phi) is 5.40. The molecule has 0 aliphatic heterocycles. The van der Waals surface area contributed by atoms with Gasteiger partial charge in [0.25, 0.3) is 0 Å². The molecule has 0 saturated carbocycles. The molecule has 0 bridgehead atoms. The van der Waals surface area contributed by atoms with E-state index in [0.29, 0.717) is 31.1 Å². The van der Waals surface area contributed by atoms with Gasteiger partial charge >= 0.3 is 11.7 Å². The van der Waals surface area contributed by atoms with Gasteiger partial charge in [-0.25, -0.2) is 9.59 Å². The molecule has 0 unspecified atom stereocenters. The Balaban J connectivity index is 1.44. The standard InChI is InChI=1S/C18H19ClN4O2/c19-14-6-3-5-13(11-14)12-21-17(24)20-9-4-10-23-16-8-2-1-7-15(16)22-18(23)25/h1-3,5-8,11H,4,9-10,12H2,(H,22,25)(H2,20,21,24). The highest BCUT2D eigenvalue weighted by Gasteiger charge is 2.06. The summed E-state index contributed by atoms with van der Waals surface area (Å²) in [6.45, 7) is 1.43. The molecule has 6 nitrogen and oxygen atoms in total. The lowest BCUT2D eigenvalue weighted by Crippen LogP contribution is -2.36. The van der Waals surface area contributed by atoms with Crippen molar-refractivity contribution in [1.29, 1.82) is 0 Å². The molecule has 3 aromatic rings. The van der Waals surface area contributed by atoms with Crippen molar-refractivity contribution in [3.63, 3.8) is 0 Å². The highest BCUT2D eigenvalue weighted by Crippen LogP contribution is 2.10. The number of para-hydroxylation sites is 2. The highest BCUT2D eigenvalue weighted by atomic mass is 35.5. The van der Waals surface area contributed by atoms with E-state index in [1.54, 1.807) is 10.6 Å². The van der Waals surface area contributed by atoms with E-state index in [4.69, 9.17) is 11.6 Å². The molecule has 1 heterocycles. The number of amides is 2. The van der Waals surface area contributed by atoms with Crippen LogP contribution in [0.2, 0.25) is 5.02 Å². The molecule has 3 rings (SSSR count). The minimum Gasteiger partial charge on any atom is -0.338 e. The number of aromatic nitrogens is 2. The third-order valence-electron chi connectivity index (χ3n) is 3.87. The Bertz CT molecular complexity index is 932. The number of carbonyl (C=O) groups excluding carboxylic acids is 1. The van der Waals surface area contributed by atoms with Gasteiger partial charge < -0.3 is 15.6 Å². The number of halogens is 1. The van der Waals surface area contributed by atoms with Gasteiger partial charge in [-0.1, -0.05) is 35.9 Å². The van der Waals surface area contributed by atoms with Crippen LogP contribution in [0.15, 0.2) is 53.3 Å². The monoisotopic (exact) mass is 358 g/mol. The average molecular weight is 359 g/mol. The predicted octanol–water partition coefficient (Wildman–Crippen LogP) is 2.87. The third kappa shape index (κ3) is 4.42. The van der Waals surface area contributed by atoms with Gasteiger partial charge in [-0.05, 0) is 36.2 Å². The van der Waals surface area contributed by atoms with Gasteiger partial charge in [0, 0.05) is 24.7 Å². The summed E-state index contributed by atoms with van der Waals surface area (Å²) in [4.78, 5) is 26.6. The number of rotatable bonds is 6. The molecule has 0 radical (unpaired) electrons. The number of imidazole rings is 1. The highest BCUT2D eigenvalue weighted by molar-refractivity contribution is 6.30. The molecule has 0 aliphatic carbocycles. The van der Waals surface area contributed by atoms with Gasteiger partial charge in [0.05, 0.1) is 11.0 Å². The first-order valence-electron chi connectivity index (χ1n) is 8.07. The summed E-state index contributed by atoms with van der Waals surface area (Å²) in [6.07, 6.45) is 0.659. The molecule has 0 saturated heterocycles. The van der Waals surface area contributed by atoms with E-state index in [9.17, 15) is 9.59 Å². The Labute approximate surface area is 149 Å². The maximum atomic E-state index is 12.0. The maximum Gasteiger partial charge on any atom is 0.326 e. The summed E-state index contributed by atoms with van der Waals surface area (Å²) >= 11 is 5.91. The van der Waals surface area contributed by atoms with Crippen LogP contribution in [-0.4, -0.2) is 22.1 Å². The van der Waals surface area contributed by atoms with Crippen LogP contribution >= 0.6 is 11.6 Å². The van der Waals surface area contributed by atoms with E-state index in [2.05, 4.69) is 15.6 Å². The van der Waals surface area contributed by atoms with Gasteiger partial charge in [0.1, 0.15) is 0 Å². The maximum absolute atomic E-state index is 12.0. The molecule has 2 amide bonds. The Morgan fingerprint density at radius 3 is 2.80 bits per heavy atom. The topological polar surface area (TPSA) is 78.9 Å². The van der Waals surface area contributed by atoms with E-state index < -0.39 is 0 Å². The Morgan fingerprint density at radius 1 is 1.12 bits per heavy atom. The number of benzene rings is 2. The number of carbonyl (C=O) groups is 1. The molecular weight excluding hydrogens is 340 g/mol. The van der Waals surface area contributed by atoms with Crippen LogP contribution in [0.3, 0.4) is 0 Å². The van der Waals surface area contributed by atoms with Crippen molar-refractivity contribution >= 4 is 28.7 Å². The van der Waals surface area contributed by atoms with Crippen LogP contribution in [0.1, 0.15) is 12.0 Å². The zero-order valence-electron chi connectivity index (χ0n) is 13.6. The van der Waals surface area contributed by atoms with Gasteiger partial charge in [-0.15, -0.1) is 0 Å². The summed E-state index contributed by atoms with van der Waals surface area (Å²) in [6, 6.07) is 14.6. The SMILES string of the molecule is O=C(NCCCn1c(=O)[nH]c2ccccc21)NCc1cccc(Cl)c1. The van der Waals surface area contributed by atoms with Crippen molar-refractivity contribution in [2.45, 2.75) is 19.5 Å². The van der Waals surface area contributed by atoms with E-state index >= 15 is 0 Å². The minimum absolute atomic E-state index is 0.133. The van der Waals surface area contributed by atoms with Gasteiger partial charge in [0.2, 0.25) is 0 Å². The second-order valence-corrected chi connectivity index (χ2v) is 6.13. The lowest BCUT2D eigenvalue weighted by molar-refractivity contribution is 0.240. The van der Waals surface area contributed by atoms with Crippen LogP contribution in [0, 0.1) is 0 Å². The molecule has 7 heteroatoms. The second-order valence-electron chi connectivity index (χ2n) is 5.69. The molecule has 2 aromatic carbocycles. The van der Waals surface area contributed by atoms with Crippen molar-refractivity contribution in [3.8, 4) is 0 Å². The fraction of sp³-hybridized carbons (Fsp3) is 0.222. The second kappa shape index (κ2) is 7.90.